The van der Waals surface area contributed by atoms with Crippen LogP contribution in [0, 0.1) is 0 Å². The predicted octanol–water partition coefficient (Wildman–Crippen LogP) is 0.633. The van der Waals surface area contributed by atoms with Crippen molar-refractivity contribution in [2.75, 3.05) is 0 Å². The number of rotatable bonds is 3. The predicted molar refractivity (Wildman–Crippen MR) is 44.1 cm³/mol. The molecule has 4 nitrogen and oxygen atoms in total. The first-order valence-corrected chi connectivity index (χ1v) is 4.99. The van der Waals surface area contributed by atoms with Crippen LogP contribution in [-0.2, 0) is 10.2 Å². The third-order valence-corrected chi connectivity index (χ3v) is 2.69. The fourth-order valence-electron chi connectivity index (χ4n) is 1.15. The first kappa shape index (κ1) is 10.9. The molecule has 1 radical (unpaired) electrons. The lowest BCUT2D eigenvalue weighted by Crippen LogP contribution is -2.42. The molecule has 0 unspecified atom stereocenters. The summed E-state index contributed by atoms with van der Waals surface area (Å²) in [6, 6.07) is -0.282. The van der Waals surface area contributed by atoms with Crippen molar-refractivity contribution in [3.8, 4) is 0 Å². The maximum atomic E-state index is 10.8. The van der Waals surface area contributed by atoms with Gasteiger partial charge in [0.05, 0.1) is 0 Å². The van der Waals surface area contributed by atoms with Gasteiger partial charge in [0.25, 0.3) is 10.2 Å². The van der Waals surface area contributed by atoms with Gasteiger partial charge in [-0.15, -0.1) is 5.14 Å². The highest BCUT2D eigenvalue weighted by atomic mass is 32.2. The molecule has 5 heteroatoms. The molecule has 0 saturated heterocycles. The van der Waals surface area contributed by atoms with E-state index in [0.717, 1.165) is 4.31 Å². The lowest BCUT2D eigenvalue weighted by molar-refractivity contribution is 0.302. The molecule has 0 aromatic rings. The van der Waals surface area contributed by atoms with E-state index in [-0.39, 0.29) is 12.1 Å². The van der Waals surface area contributed by atoms with E-state index in [0.29, 0.717) is 0 Å². The Morgan fingerprint density at radius 1 is 1.09 bits per heavy atom. The summed E-state index contributed by atoms with van der Waals surface area (Å²) in [7, 11) is -3.78. The van der Waals surface area contributed by atoms with E-state index < -0.39 is 10.2 Å². The van der Waals surface area contributed by atoms with Crippen LogP contribution in [-0.4, -0.2) is 24.8 Å². The SMILES string of the molecule is CC(C)N(C(C)C)S([NH])(=O)=O. The Bertz CT molecular complexity index is 201. The Balaban J connectivity index is 4.64. The third kappa shape index (κ3) is 3.18. The van der Waals surface area contributed by atoms with Crippen LogP contribution in [0.4, 0.5) is 0 Å². The van der Waals surface area contributed by atoms with Crippen molar-refractivity contribution in [1.29, 1.82) is 0 Å². The second-order valence-corrected chi connectivity index (χ2v) is 4.39. The molecule has 0 amide bonds. The molecule has 0 aromatic carbocycles. The highest BCUT2D eigenvalue weighted by molar-refractivity contribution is 7.86. The van der Waals surface area contributed by atoms with Crippen molar-refractivity contribution >= 4 is 10.2 Å². The van der Waals surface area contributed by atoms with E-state index in [1.807, 2.05) is 0 Å². The number of nitrogens with one attached hydrogen (secondary N) is 1. The smallest absolute Gasteiger partial charge is 0.194 e. The van der Waals surface area contributed by atoms with E-state index in [1.54, 1.807) is 27.7 Å². The molecule has 0 aliphatic rings. The Labute approximate surface area is 68.6 Å². The molecule has 0 bridgehead atoms. The van der Waals surface area contributed by atoms with Gasteiger partial charge >= 0.3 is 0 Å². The second-order valence-electron chi connectivity index (χ2n) is 3.02. The highest BCUT2D eigenvalue weighted by Crippen LogP contribution is 2.08. The zero-order chi connectivity index (χ0) is 9.23. The zero-order valence-electron chi connectivity index (χ0n) is 7.33. The summed E-state index contributed by atoms with van der Waals surface area (Å²) >= 11 is 0. The van der Waals surface area contributed by atoms with Gasteiger partial charge in [0, 0.05) is 12.1 Å². The normalized spacial score (nSPS) is 13.5. The zero-order valence-corrected chi connectivity index (χ0v) is 8.14. The fraction of sp³-hybridized carbons (Fsp3) is 1.00. The van der Waals surface area contributed by atoms with Crippen LogP contribution >= 0.6 is 0 Å². The summed E-state index contributed by atoms with van der Waals surface area (Å²) < 4.78 is 22.8. The van der Waals surface area contributed by atoms with Crippen LogP contribution < -0.4 is 5.14 Å². The molecule has 0 heterocycles. The van der Waals surface area contributed by atoms with Crippen LogP contribution in [0.25, 0.3) is 0 Å². The van der Waals surface area contributed by atoms with Gasteiger partial charge in [-0.3, -0.25) is 0 Å². The number of hydrogen-bond acceptors (Lipinski definition) is 2. The summed E-state index contributed by atoms with van der Waals surface area (Å²) in [4.78, 5) is 0. The van der Waals surface area contributed by atoms with Gasteiger partial charge in [0.2, 0.25) is 0 Å². The van der Waals surface area contributed by atoms with Crippen molar-refractivity contribution in [3.05, 3.63) is 0 Å². The van der Waals surface area contributed by atoms with Gasteiger partial charge in [-0.25, -0.2) is 0 Å². The summed E-state index contributed by atoms with van der Waals surface area (Å²) in [5.41, 5.74) is 0. The highest BCUT2D eigenvalue weighted by Gasteiger charge is 2.24. The standard InChI is InChI=1S/C6H15N2O2S/c1-5(2)8(6(3)4)11(7,9)10/h5-7H,1-4H3. The van der Waals surface area contributed by atoms with Crippen molar-refractivity contribution in [2.45, 2.75) is 39.8 Å². The lowest BCUT2D eigenvalue weighted by Gasteiger charge is -2.26. The summed E-state index contributed by atoms with van der Waals surface area (Å²) in [5.74, 6) is 0. The third-order valence-electron chi connectivity index (χ3n) is 1.30. The largest absolute Gasteiger partial charge is 0.293 e. The summed E-state index contributed by atoms with van der Waals surface area (Å²) in [6.07, 6.45) is 0. The van der Waals surface area contributed by atoms with Crippen LogP contribution in [0.3, 0.4) is 0 Å². The molecule has 1 N–H and O–H groups in total. The van der Waals surface area contributed by atoms with Gasteiger partial charge in [0.15, 0.2) is 0 Å². The average molecular weight is 179 g/mol. The first-order valence-electron chi connectivity index (χ1n) is 3.55. The van der Waals surface area contributed by atoms with Crippen molar-refractivity contribution in [1.82, 2.24) is 9.44 Å². The van der Waals surface area contributed by atoms with Crippen LogP contribution in [0.1, 0.15) is 27.7 Å². The molecule has 0 atom stereocenters. The maximum Gasteiger partial charge on any atom is 0.293 e. The first-order chi connectivity index (χ1) is 4.76. The van der Waals surface area contributed by atoms with Gasteiger partial charge in [-0.2, -0.15) is 12.7 Å². The summed E-state index contributed by atoms with van der Waals surface area (Å²) in [6.45, 7) is 7.02. The Morgan fingerprint density at radius 3 is 1.36 bits per heavy atom. The molecular weight excluding hydrogens is 164 g/mol. The molecule has 0 fully saturated rings. The molecular formula is C6H15N2O2S. The Morgan fingerprint density at radius 2 is 1.36 bits per heavy atom. The van der Waals surface area contributed by atoms with Gasteiger partial charge in [-0.05, 0) is 27.7 Å². The second kappa shape index (κ2) is 3.51. The average Bonchev–Trinajstić information content (AvgIpc) is 1.54. The quantitative estimate of drug-likeness (QED) is 0.638. The molecule has 67 valence electrons. The van der Waals surface area contributed by atoms with E-state index in [1.165, 1.54) is 0 Å². The Hall–Kier alpha value is -0.130. The van der Waals surface area contributed by atoms with Crippen LogP contribution in [0.2, 0.25) is 0 Å². The molecule has 0 rings (SSSR count). The molecule has 0 spiro atoms. The van der Waals surface area contributed by atoms with Gasteiger partial charge in [0.1, 0.15) is 0 Å². The van der Waals surface area contributed by atoms with E-state index >= 15 is 0 Å². The molecule has 11 heavy (non-hydrogen) atoms. The molecule has 0 aliphatic carbocycles. The topological polar surface area (TPSA) is 61.2 Å². The van der Waals surface area contributed by atoms with Crippen LogP contribution in [0.5, 0.6) is 0 Å². The van der Waals surface area contributed by atoms with Crippen molar-refractivity contribution in [3.63, 3.8) is 0 Å². The van der Waals surface area contributed by atoms with E-state index in [4.69, 9.17) is 5.14 Å². The number of nitrogens with zero attached hydrogens (tertiary/aromatic N) is 1. The van der Waals surface area contributed by atoms with E-state index in [9.17, 15) is 8.42 Å². The fourth-order valence-corrected chi connectivity index (χ4v) is 2.26. The molecule has 0 aromatic heterocycles. The maximum absolute atomic E-state index is 10.8. The molecule has 0 aliphatic heterocycles. The van der Waals surface area contributed by atoms with E-state index in [2.05, 4.69) is 0 Å². The van der Waals surface area contributed by atoms with Crippen molar-refractivity contribution in [2.24, 2.45) is 0 Å². The Kier molecular flexibility index (Phi) is 3.47. The monoisotopic (exact) mass is 179 g/mol. The molecule has 0 saturated carbocycles. The van der Waals surface area contributed by atoms with Crippen LogP contribution in [0.15, 0.2) is 0 Å². The van der Waals surface area contributed by atoms with Gasteiger partial charge < -0.3 is 0 Å². The van der Waals surface area contributed by atoms with Crippen molar-refractivity contribution < 1.29 is 8.42 Å². The lowest BCUT2D eigenvalue weighted by atomic mass is 10.3. The minimum atomic E-state index is -3.78. The minimum absolute atomic E-state index is 0.141. The number of hydrogen-bond donors (Lipinski definition) is 0. The summed E-state index contributed by atoms with van der Waals surface area (Å²) in [5, 5.41) is 6.85. The minimum Gasteiger partial charge on any atom is -0.194 e. The van der Waals surface area contributed by atoms with Gasteiger partial charge in [-0.1, -0.05) is 0 Å².